The Bertz CT molecular complexity index is 591. The lowest BCUT2D eigenvalue weighted by Crippen LogP contribution is -2.22. The van der Waals surface area contributed by atoms with E-state index in [0.717, 1.165) is 12.2 Å². The molecule has 0 radical (unpaired) electrons. The summed E-state index contributed by atoms with van der Waals surface area (Å²) in [5.41, 5.74) is 5.58. The number of nitrogens with zero attached hydrogens (tertiary/aromatic N) is 1. The SMILES string of the molecule is CCCC(C)(C)C1=C(C(C)C)N=C(Cc2ccc(C)cc2)CS1. The van der Waals surface area contributed by atoms with E-state index in [1.807, 2.05) is 11.8 Å². The monoisotopic (exact) mass is 329 g/mol. The number of benzene rings is 1. The Morgan fingerprint density at radius 2 is 1.83 bits per heavy atom. The zero-order chi connectivity index (χ0) is 17.0. The number of hydrogen-bond acceptors (Lipinski definition) is 2. The van der Waals surface area contributed by atoms with E-state index in [-0.39, 0.29) is 5.41 Å². The molecule has 1 aromatic rings. The summed E-state index contributed by atoms with van der Waals surface area (Å²) in [5, 5.41) is 0. The average molecular weight is 330 g/mol. The topological polar surface area (TPSA) is 12.4 Å². The van der Waals surface area contributed by atoms with E-state index in [1.54, 1.807) is 0 Å². The highest BCUT2D eigenvalue weighted by Gasteiger charge is 2.30. The molecule has 0 amide bonds. The van der Waals surface area contributed by atoms with Gasteiger partial charge in [-0.15, -0.1) is 11.8 Å². The first-order valence-corrected chi connectivity index (χ1v) is 9.81. The number of allylic oxidation sites excluding steroid dienone is 2. The lowest BCUT2D eigenvalue weighted by molar-refractivity contribution is 0.416. The van der Waals surface area contributed by atoms with E-state index in [2.05, 4.69) is 65.8 Å². The molecule has 0 saturated heterocycles. The number of thioether (sulfide) groups is 1. The summed E-state index contributed by atoms with van der Waals surface area (Å²) in [6.45, 7) is 13.7. The molecule has 1 aliphatic heterocycles. The maximum atomic E-state index is 5.10. The van der Waals surface area contributed by atoms with Crippen molar-refractivity contribution < 1.29 is 0 Å². The fraction of sp³-hybridized carbons (Fsp3) is 0.571. The van der Waals surface area contributed by atoms with Crippen molar-refractivity contribution in [3.63, 3.8) is 0 Å². The molecule has 0 bridgehead atoms. The van der Waals surface area contributed by atoms with Crippen molar-refractivity contribution in [2.45, 2.75) is 60.8 Å². The summed E-state index contributed by atoms with van der Waals surface area (Å²) in [4.78, 5) is 6.62. The summed E-state index contributed by atoms with van der Waals surface area (Å²) in [6.07, 6.45) is 3.43. The molecule has 0 aromatic heterocycles. The zero-order valence-electron chi connectivity index (χ0n) is 15.6. The van der Waals surface area contributed by atoms with Crippen molar-refractivity contribution in [2.24, 2.45) is 16.3 Å². The Balaban J connectivity index is 2.27. The molecule has 1 nitrogen and oxygen atoms in total. The molecule has 0 atom stereocenters. The molecule has 0 spiro atoms. The molecule has 126 valence electrons. The van der Waals surface area contributed by atoms with Crippen LogP contribution in [0.15, 0.2) is 39.9 Å². The molecule has 1 aromatic carbocycles. The van der Waals surface area contributed by atoms with Crippen LogP contribution in [0.1, 0.15) is 58.6 Å². The molecular weight excluding hydrogens is 298 g/mol. The van der Waals surface area contributed by atoms with Gasteiger partial charge in [0.2, 0.25) is 0 Å². The lowest BCUT2D eigenvalue weighted by atomic mass is 9.85. The van der Waals surface area contributed by atoms with Gasteiger partial charge in [0, 0.05) is 22.8 Å². The van der Waals surface area contributed by atoms with Crippen molar-refractivity contribution in [3.05, 3.63) is 46.0 Å². The lowest BCUT2D eigenvalue weighted by Gasteiger charge is -2.33. The molecular formula is C21H31NS. The summed E-state index contributed by atoms with van der Waals surface area (Å²) in [7, 11) is 0. The van der Waals surface area contributed by atoms with Crippen molar-refractivity contribution in [3.8, 4) is 0 Å². The first-order chi connectivity index (χ1) is 10.8. The third-order valence-electron chi connectivity index (χ3n) is 4.46. The molecule has 1 aliphatic rings. The highest BCUT2D eigenvalue weighted by molar-refractivity contribution is 8.03. The van der Waals surface area contributed by atoms with Gasteiger partial charge in [0.1, 0.15) is 0 Å². The van der Waals surface area contributed by atoms with E-state index in [1.165, 1.54) is 40.3 Å². The van der Waals surface area contributed by atoms with Crippen molar-refractivity contribution in [2.75, 3.05) is 5.75 Å². The van der Waals surface area contributed by atoms with Crippen LogP contribution in [-0.2, 0) is 6.42 Å². The molecule has 2 rings (SSSR count). The molecule has 23 heavy (non-hydrogen) atoms. The zero-order valence-corrected chi connectivity index (χ0v) is 16.4. The third kappa shape index (κ3) is 4.73. The molecule has 1 heterocycles. The Kier molecular flexibility index (Phi) is 6.13. The standard InChI is InChI=1S/C21H31NS/c1-7-12-21(5,6)20-19(15(2)3)22-18(14-23-20)13-17-10-8-16(4)9-11-17/h8-11,15H,7,12-14H2,1-6H3. The number of aryl methyl sites for hydroxylation is 1. The van der Waals surface area contributed by atoms with Gasteiger partial charge in [-0.2, -0.15) is 0 Å². The maximum absolute atomic E-state index is 5.10. The van der Waals surface area contributed by atoms with Crippen LogP contribution >= 0.6 is 11.8 Å². The smallest absolute Gasteiger partial charge is 0.0529 e. The normalized spacial score (nSPS) is 16.0. The Morgan fingerprint density at radius 3 is 2.39 bits per heavy atom. The third-order valence-corrected chi connectivity index (χ3v) is 5.99. The fourth-order valence-corrected chi connectivity index (χ4v) is 4.59. The maximum Gasteiger partial charge on any atom is 0.0529 e. The van der Waals surface area contributed by atoms with Gasteiger partial charge >= 0.3 is 0 Å². The second kappa shape index (κ2) is 7.70. The Hall–Kier alpha value is -1.02. The summed E-state index contributed by atoms with van der Waals surface area (Å²) < 4.78 is 0. The highest BCUT2D eigenvalue weighted by Crippen LogP contribution is 2.45. The van der Waals surface area contributed by atoms with Crippen LogP contribution in [0, 0.1) is 18.3 Å². The second-order valence-electron chi connectivity index (χ2n) is 7.63. The minimum Gasteiger partial charge on any atom is -0.260 e. The summed E-state index contributed by atoms with van der Waals surface area (Å²) >= 11 is 2.03. The molecule has 0 aliphatic carbocycles. The van der Waals surface area contributed by atoms with Crippen LogP contribution in [0.25, 0.3) is 0 Å². The van der Waals surface area contributed by atoms with E-state index in [9.17, 15) is 0 Å². The van der Waals surface area contributed by atoms with Crippen molar-refractivity contribution in [1.29, 1.82) is 0 Å². The van der Waals surface area contributed by atoms with Gasteiger partial charge in [0.05, 0.1) is 5.70 Å². The minimum absolute atomic E-state index is 0.248. The largest absolute Gasteiger partial charge is 0.260 e. The summed E-state index contributed by atoms with van der Waals surface area (Å²) in [6, 6.07) is 8.86. The molecule has 0 fully saturated rings. The van der Waals surface area contributed by atoms with E-state index < -0.39 is 0 Å². The van der Waals surface area contributed by atoms with Crippen LogP contribution in [-0.4, -0.2) is 11.5 Å². The van der Waals surface area contributed by atoms with Gasteiger partial charge in [-0.1, -0.05) is 70.9 Å². The van der Waals surface area contributed by atoms with E-state index >= 15 is 0 Å². The van der Waals surface area contributed by atoms with Crippen LogP contribution in [0.4, 0.5) is 0 Å². The molecule has 0 unspecified atom stereocenters. The van der Waals surface area contributed by atoms with Crippen molar-refractivity contribution >= 4 is 17.5 Å². The van der Waals surface area contributed by atoms with Gasteiger partial charge in [-0.05, 0) is 30.2 Å². The molecule has 2 heteroatoms. The number of rotatable bonds is 6. The number of hydrogen-bond donors (Lipinski definition) is 0. The van der Waals surface area contributed by atoms with Gasteiger partial charge in [-0.3, -0.25) is 4.99 Å². The first kappa shape index (κ1) is 18.3. The first-order valence-electron chi connectivity index (χ1n) is 8.83. The number of aliphatic imine (C=N–C) groups is 1. The second-order valence-corrected chi connectivity index (χ2v) is 8.62. The summed E-state index contributed by atoms with van der Waals surface area (Å²) in [5.74, 6) is 1.52. The average Bonchev–Trinajstić information content (AvgIpc) is 2.49. The van der Waals surface area contributed by atoms with Crippen molar-refractivity contribution in [1.82, 2.24) is 0 Å². The fourth-order valence-electron chi connectivity index (χ4n) is 3.19. The highest BCUT2D eigenvalue weighted by atomic mass is 32.2. The quantitative estimate of drug-likeness (QED) is 0.586. The van der Waals surface area contributed by atoms with Gasteiger partial charge < -0.3 is 0 Å². The van der Waals surface area contributed by atoms with Gasteiger partial charge in [0.15, 0.2) is 0 Å². The van der Waals surface area contributed by atoms with Crippen LogP contribution < -0.4 is 0 Å². The predicted octanol–water partition coefficient (Wildman–Crippen LogP) is 6.42. The van der Waals surface area contributed by atoms with Gasteiger partial charge in [-0.25, -0.2) is 0 Å². The predicted molar refractivity (Wildman–Crippen MR) is 105 cm³/mol. The van der Waals surface area contributed by atoms with Crippen LogP contribution in [0.3, 0.4) is 0 Å². The van der Waals surface area contributed by atoms with Crippen LogP contribution in [0.2, 0.25) is 0 Å². The van der Waals surface area contributed by atoms with E-state index in [0.29, 0.717) is 5.92 Å². The van der Waals surface area contributed by atoms with Crippen LogP contribution in [0.5, 0.6) is 0 Å². The van der Waals surface area contributed by atoms with Gasteiger partial charge in [0.25, 0.3) is 0 Å². The Morgan fingerprint density at radius 1 is 1.17 bits per heavy atom. The minimum atomic E-state index is 0.248. The van der Waals surface area contributed by atoms with E-state index in [4.69, 9.17) is 4.99 Å². The molecule has 0 saturated carbocycles. The Labute approximate surface area is 146 Å². The molecule has 0 N–H and O–H groups in total.